The second kappa shape index (κ2) is 5.09. The standard InChI is InChI=1S/C15H13NO3S/c1-19-11-6-4-10(5-7-11)9-16-13(14(17)15(16)18)12-3-2-8-20-12/h2-8,13H,9H2,1H3/t13-/m0/s1. The number of Topliss-reactive ketones (excluding diaryl/α,β-unsaturated/α-hetero) is 1. The Bertz CT molecular complexity index is 634. The SMILES string of the molecule is COc1ccc(CN2C(=O)C(=O)[C@@H]2c2cccs2)cc1. The van der Waals surface area contributed by atoms with Crippen molar-refractivity contribution in [3.05, 3.63) is 52.2 Å². The Labute approximate surface area is 120 Å². The molecule has 3 rings (SSSR count). The van der Waals surface area contributed by atoms with E-state index in [4.69, 9.17) is 4.74 Å². The predicted octanol–water partition coefficient (Wildman–Crippen LogP) is 2.41. The van der Waals surface area contributed by atoms with Crippen LogP contribution in [0.2, 0.25) is 0 Å². The summed E-state index contributed by atoms with van der Waals surface area (Å²) >= 11 is 1.50. The smallest absolute Gasteiger partial charge is 0.293 e. The second-order valence-electron chi connectivity index (χ2n) is 4.56. The number of ether oxygens (including phenoxy) is 1. The number of amides is 1. The monoisotopic (exact) mass is 287 g/mol. The molecule has 1 saturated heterocycles. The van der Waals surface area contributed by atoms with Gasteiger partial charge >= 0.3 is 0 Å². The summed E-state index contributed by atoms with van der Waals surface area (Å²) in [6, 6.07) is 10.9. The lowest BCUT2D eigenvalue weighted by molar-refractivity contribution is -0.161. The van der Waals surface area contributed by atoms with Gasteiger partial charge in [-0.3, -0.25) is 9.59 Å². The highest BCUT2D eigenvalue weighted by Crippen LogP contribution is 2.35. The molecule has 0 unspecified atom stereocenters. The predicted molar refractivity (Wildman–Crippen MR) is 75.6 cm³/mol. The molecule has 1 aromatic carbocycles. The van der Waals surface area contributed by atoms with Crippen molar-refractivity contribution in [2.75, 3.05) is 7.11 Å². The van der Waals surface area contributed by atoms with Crippen LogP contribution < -0.4 is 4.74 Å². The van der Waals surface area contributed by atoms with Crippen molar-refractivity contribution in [1.29, 1.82) is 0 Å². The summed E-state index contributed by atoms with van der Waals surface area (Å²) in [5.74, 6) is 0.0507. The molecule has 0 radical (unpaired) electrons. The lowest BCUT2D eigenvalue weighted by Gasteiger charge is -2.38. The molecule has 0 bridgehead atoms. The summed E-state index contributed by atoms with van der Waals surface area (Å²) in [5.41, 5.74) is 0.980. The Morgan fingerprint density at radius 2 is 1.95 bits per heavy atom. The van der Waals surface area contributed by atoms with E-state index in [-0.39, 0.29) is 5.78 Å². The molecular formula is C15H13NO3S. The first-order chi connectivity index (χ1) is 9.70. The van der Waals surface area contributed by atoms with Crippen LogP contribution in [-0.2, 0) is 16.1 Å². The van der Waals surface area contributed by atoms with Gasteiger partial charge in [-0.15, -0.1) is 11.3 Å². The zero-order valence-corrected chi connectivity index (χ0v) is 11.7. The van der Waals surface area contributed by atoms with Crippen molar-refractivity contribution < 1.29 is 14.3 Å². The van der Waals surface area contributed by atoms with Crippen molar-refractivity contribution in [3.8, 4) is 5.75 Å². The highest BCUT2D eigenvalue weighted by atomic mass is 32.1. The van der Waals surface area contributed by atoms with Gasteiger partial charge in [-0.05, 0) is 29.1 Å². The number of hydrogen-bond donors (Lipinski definition) is 0. The lowest BCUT2D eigenvalue weighted by atomic mass is 9.97. The summed E-state index contributed by atoms with van der Waals surface area (Å²) in [6.45, 7) is 0.442. The van der Waals surface area contributed by atoms with Crippen LogP contribution in [0.5, 0.6) is 5.75 Å². The Morgan fingerprint density at radius 1 is 1.20 bits per heavy atom. The van der Waals surface area contributed by atoms with Crippen LogP contribution in [0, 0.1) is 0 Å². The highest BCUT2D eigenvalue weighted by molar-refractivity contribution is 7.10. The summed E-state index contributed by atoms with van der Waals surface area (Å²) in [6.07, 6.45) is 0. The zero-order valence-electron chi connectivity index (χ0n) is 10.9. The van der Waals surface area contributed by atoms with E-state index in [1.54, 1.807) is 12.0 Å². The number of thiophene rings is 1. The van der Waals surface area contributed by atoms with Crippen LogP contribution in [0.3, 0.4) is 0 Å². The fraction of sp³-hybridized carbons (Fsp3) is 0.200. The van der Waals surface area contributed by atoms with Gasteiger partial charge in [0.1, 0.15) is 11.8 Å². The molecule has 102 valence electrons. The molecule has 1 atom stereocenters. The molecule has 1 aromatic heterocycles. The third-order valence-electron chi connectivity index (χ3n) is 3.36. The van der Waals surface area contributed by atoms with Crippen molar-refractivity contribution >= 4 is 23.0 Å². The lowest BCUT2D eigenvalue weighted by Crippen LogP contribution is -2.54. The number of hydrogen-bond acceptors (Lipinski definition) is 4. The zero-order chi connectivity index (χ0) is 14.1. The first kappa shape index (κ1) is 12.9. The molecule has 5 heteroatoms. The number of ketones is 1. The average molecular weight is 287 g/mol. The molecule has 0 spiro atoms. The van der Waals surface area contributed by atoms with Gasteiger partial charge in [-0.25, -0.2) is 0 Å². The van der Waals surface area contributed by atoms with E-state index in [1.807, 2.05) is 41.8 Å². The first-order valence-corrected chi connectivity index (χ1v) is 7.10. The van der Waals surface area contributed by atoms with Gasteiger partial charge in [0.2, 0.25) is 5.78 Å². The second-order valence-corrected chi connectivity index (χ2v) is 5.54. The van der Waals surface area contributed by atoms with E-state index < -0.39 is 11.9 Å². The summed E-state index contributed by atoms with van der Waals surface area (Å²) < 4.78 is 5.10. The minimum atomic E-state index is -0.412. The van der Waals surface area contributed by atoms with Crippen molar-refractivity contribution in [2.24, 2.45) is 0 Å². The molecule has 2 heterocycles. The maximum atomic E-state index is 11.8. The van der Waals surface area contributed by atoms with E-state index in [0.717, 1.165) is 16.2 Å². The highest BCUT2D eigenvalue weighted by Gasteiger charge is 2.47. The van der Waals surface area contributed by atoms with E-state index in [1.165, 1.54) is 11.3 Å². The minimum absolute atomic E-state index is 0.319. The van der Waals surface area contributed by atoms with Crippen molar-refractivity contribution in [3.63, 3.8) is 0 Å². The average Bonchev–Trinajstić information content (AvgIpc) is 3.00. The van der Waals surface area contributed by atoms with Gasteiger partial charge in [-0.1, -0.05) is 18.2 Å². The normalized spacial score (nSPS) is 18.1. The van der Waals surface area contributed by atoms with Crippen LogP contribution in [0.15, 0.2) is 41.8 Å². The van der Waals surface area contributed by atoms with Gasteiger partial charge in [0.05, 0.1) is 7.11 Å². The molecular weight excluding hydrogens is 274 g/mol. The molecule has 2 aromatic rings. The van der Waals surface area contributed by atoms with Crippen molar-refractivity contribution in [2.45, 2.75) is 12.6 Å². The molecule has 1 amide bonds. The number of rotatable bonds is 4. The molecule has 1 fully saturated rings. The van der Waals surface area contributed by atoms with Gasteiger partial charge in [0.15, 0.2) is 0 Å². The van der Waals surface area contributed by atoms with Crippen LogP contribution in [-0.4, -0.2) is 23.7 Å². The number of β-lactam (4-membered cyclic amide) rings is 1. The first-order valence-electron chi connectivity index (χ1n) is 6.22. The molecule has 20 heavy (non-hydrogen) atoms. The van der Waals surface area contributed by atoms with E-state index >= 15 is 0 Å². The summed E-state index contributed by atoms with van der Waals surface area (Å²) in [7, 11) is 1.61. The van der Waals surface area contributed by atoms with E-state index in [9.17, 15) is 9.59 Å². The van der Waals surface area contributed by atoms with Crippen molar-refractivity contribution in [1.82, 2.24) is 4.90 Å². The molecule has 1 aliphatic rings. The van der Waals surface area contributed by atoms with Crippen LogP contribution in [0.1, 0.15) is 16.5 Å². The number of benzene rings is 1. The van der Waals surface area contributed by atoms with Crippen LogP contribution in [0.25, 0.3) is 0 Å². The number of likely N-dealkylation sites (tertiary alicyclic amines) is 1. The van der Waals surface area contributed by atoms with Gasteiger partial charge < -0.3 is 9.64 Å². The maximum Gasteiger partial charge on any atom is 0.293 e. The largest absolute Gasteiger partial charge is 0.497 e. The van der Waals surface area contributed by atoms with Gasteiger partial charge in [0, 0.05) is 11.4 Å². The topological polar surface area (TPSA) is 46.6 Å². The number of nitrogens with zero attached hydrogens (tertiary/aromatic N) is 1. The Kier molecular flexibility index (Phi) is 3.28. The van der Waals surface area contributed by atoms with Gasteiger partial charge in [0.25, 0.3) is 5.91 Å². The quantitative estimate of drug-likeness (QED) is 0.641. The molecule has 0 N–H and O–H groups in total. The van der Waals surface area contributed by atoms with Gasteiger partial charge in [-0.2, -0.15) is 0 Å². The number of carbonyl (C=O) groups is 2. The Hall–Kier alpha value is -2.14. The Balaban J connectivity index is 1.78. The molecule has 4 nitrogen and oxygen atoms in total. The fourth-order valence-corrected chi connectivity index (χ4v) is 3.11. The van der Waals surface area contributed by atoms with E-state index in [0.29, 0.717) is 6.54 Å². The maximum absolute atomic E-state index is 11.8. The van der Waals surface area contributed by atoms with E-state index in [2.05, 4.69) is 0 Å². The third kappa shape index (κ3) is 2.10. The number of methoxy groups -OCH3 is 1. The summed E-state index contributed by atoms with van der Waals surface area (Å²) in [4.78, 5) is 26.0. The molecule has 1 aliphatic heterocycles. The minimum Gasteiger partial charge on any atom is -0.497 e. The van der Waals surface area contributed by atoms with Crippen LogP contribution in [0.4, 0.5) is 0 Å². The fourth-order valence-electron chi connectivity index (χ4n) is 2.27. The molecule has 0 saturated carbocycles. The molecule has 0 aliphatic carbocycles. The Morgan fingerprint density at radius 3 is 2.55 bits per heavy atom. The van der Waals surface area contributed by atoms with Crippen LogP contribution >= 0.6 is 11.3 Å². The summed E-state index contributed by atoms with van der Waals surface area (Å²) in [5, 5.41) is 1.91. The number of carbonyl (C=O) groups excluding carboxylic acids is 2. The third-order valence-corrected chi connectivity index (χ3v) is 4.28.